The molecule has 1 aromatic rings. The van der Waals surface area contributed by atoms with Crippen LogP contribution in [0.1, 0.15) is 48.9 Å². The second kappa shape index (κ2) is 8.49. The molecule has 1 amide bonds. The lowest BCUT2D eigenvalue weighted by atomic mass is 9.94. The fraction of sp³-hybridized carbons (Fsp3) is 0.625. The number of pyridine rings is 1. The van der Waals surface area contributed by atoms with Crippen molar-refractivity contribution in [3.63, 3.8) is 0 Å². The van der Waals surface area contributed by atoms with Gasteiger partial charge in [0, 0.05) is 24.3 Å². The Balaban J connectivity index is 1.66. The number of nitrogens with zero attached hydrogens (tertiary/aromatic N) is 2. The van der Waals surface area contributed by atoms with Gasteiger partial charge < -0.3 is 10.2 Å². The SMILES string of the molecule is CN(CCCNC(=O)c1ccnc(Br)c1)C1CCCCC1. The highest BCUT2D eigenvalue weighted by molar-refractivity contribution is 9.10. The molecule has 116 valence electrons. The molecule has 0 radical (unpaired) electrons. The smallest absolute Gasteiger partial charge is 0.251 e. The molecule has 0 aliphatic heterocycles. The van der Waals surface area contributed by atoms with Gasteiger partial charge in [0.2, 0.25) is 0 Å². The molecular weight excluding hydrogens is 330 g/mol. The monoisotopic (exact) mass is 353 g/mol. The molecule has 0 aromatic carbocycles. The molecule has 0 spiro atoms. The summed E-state index contributed by atoms with van der Waals surface area (Å²) in [6.45, 7) is 1.76. The van der Waals surface area contributed by atoms with Crippen LogP contribution in [0, 0.1) is 0 Å². The van der Waals surface area contributed by atoms with Gasteiger partial charge in [-0.25, -0.2) is 4.98 Å². The van der Waals surface area contributed by atoms with Crippen LogP contribution in [0.25, 0.3) is 0 Å². The van der Waals surface area contributed by atoms with Gasteiger partial charge in [-0.05, 0) is 60.9 Å². The molecule has 21 heavy (non-hydrogen) atoms. The Kier molecular flexibility index (Phi) is 6.64. The highest BCUT2D eigenvalue weighted by atomic mass is 79.9. The van der Waals surface area contributed by atoms with Crippen LogP contribution in [0.2, 0.25) is 0 Å². The van der Waals surface area contributed by atoms with Gasteiger partial charge in [-0.3, -0.25) is 4.79 Å². The molecule has 0 saturated heterocycles. The van der Waals surface area contributed by atoms with Gasteiger partial charge in [0.05, 0.1) is 0 Å². The van der Waals surface area contributed by atoms with E-state index in [-0.39, 0.29) is 5.91 Å². The number of amides is 1. The van der Waals surface area contributed by atoms with Crippen molar-refractivity contribution >= 4 is 21.8 Å². The predicted octanol–water partition coefficient (Wildman–Crippen LogP) is 3.23. The standard InChI is InChI=1S/C16H24BrN3O/c1-20(14-6-3-2-4-7-14)11-5-9-19-16(21)13-8-10-18-15(17)12-13/h8,10,12,14H,2-7,9,11H2,1H3,(H,19,21). The largest absolute Gasteiger partial charge is 0.352 e. The van der Waals surface area contributed by atoms with Gasteiger partial charge in [-0.2, -0.15) is 0 Å². The van der Waals surface area contributed by atoms with Crippen LogP contribution in [-0.2, 0) is 0 Å². The summed E-state index contributed by atoms with van der Waals surface area (Å²) in [5.74, 6) is -0.0292. The fourth-order valence-corrected chi connectivity index (χ4v) is 3.25. The van der Waals surface area contributed by atoms with Crippen LogP contribution in [0.5, 0.6) is 0 Å². The normalized spacial score (nSPS) is 16.1. The van der Waals surface area contributed by atoms with Crippen LogP contribution >= 0.6 is 15.9 Å². The van der Waals surface area contributed by atoms with Crippen molar-refractivity contribution in [3.8, 4) is 0 Å². The maximum Gasteiger partial charge on any atom is 0.251 e. The van der Waals surface area contributed by atoms with E-state index in [9.17, 15) is 4.79 Å². The van der Waals surface area contributed by atoms with E-state index in [4.69, 9.17) is 0 Å². The summed E-state index contributed by atoms with van der Waals surface area (Å²) >= 11 is 3.28. The third-order valence-electron chi connectivity index (χ3n) is 4.16. The van der Waals surface area contributed by atoms with E-state index in [1.54, 1.807) is 18.3 Å². The van der Waals surface area contributed by atoms with Crippen LogP contribution in [0.3, 0.4) is 0 Å². The first-order valence-electron chi connectivity index (χ1n) is 7.77. The average Bonchev–Trinajstić information content (AvgIpc) is 2.52. The lowest BCUT2D eigenvalue weighted by Gasteiger charge is -2.31. The first-order chi connectivity index (χ1) is 10.2. The van der Waals surface area contributed by atoms with E-state index in [2.05, 4.69) is 38.2 Å². The zero-order chi connectivity index (χ0) is 15.1. The lowest BCUT2D eigenvalue weighted by molar-refractivity contribution is 0.0950. The second-order valence-corrected chi connectivity index (χ2v) is 6.56. The third-order valence-corrected chi connectivity index (χ3v) is 4.59. The number of nitrogens with one attached hydrogen (secondary N) is 1. The number of carbonyl (C=O) groups is 1. The van der Waals surface area contributed by atoms with Crippen molar-refractivity contribution in [2.24, 2.45) is 0 Å². The van der Waals surface area contributed by atoms with E-state index < -0.39 is 0 Å². The summed E-state index contributed by atoms with van der Waals surface area (Å²) in [5.41, 5.74) is 0.650. The predicted molar refractivity (Wildman–Crippen MR) is 88.4 cm³/mol. The minimum atomic E-state index is -0.0292. The van der Waals surface area contributed by atoms with Crippen molar-refractivity contribution in [3.05, 3.63) is 28.5 Å². The number of carbonyl (C=O) groups excluding carboxylic acids is 1. The topological polar surface area (TPSA) is 45.2 Å². The zero-order valence-corrected chi connectivity index (χ0v) is 14.2. The molecule has 1 saturated carbocycles. The summed E-state index contributed by atoms with van der Waals surface area (Å²) in [7, 11) is 2.21. The molecule has 1 N–H and O–H groups in total. The molecule has 0 atom stereocenters. The molecule has 0 bridgehead atoms. The van der Waals surface area contributed by atoms with Crippen LogP contribution < -0.4 is 5.32 Å². The molecule has 1 aliphatic carbocycles. The minimum absolute atomic E-state index is 0.0292. The van der Waals surface area contributed by atoms with Crippen LogP contribution in [-0.4, -0.2) is 42.0 Å². The van der Waals surface area contributed by atoms with Gasteiger partial charge in [0.15, 0.2) is 0 Å². The molecule has 5 heteroatoms. The van der Waals surface area contributed by atoms with E-state index >= 15 is 0 Å². The lowest BCUT2D eigenvalue weighted by Crippen LogP contribution is -2.35. The maximum absolute atomic E-state index is 12.0. The van der Waals surface area contributed by atoms with E-state index in [1.807, 2.05) is 0 Å². The summed E-state index contributed by atoms with van der Waals surface area (Å²) in [6.07, 6.45) is 9.40. The van der Waals surface area contributed by atoms with Crippen molar-refractivity contribution in [1.29, 1.82) is 0 Å². The van der Waals surface area contributed by atoms with Gasteiger partial charge in [0.1, 0.15) is 4.60 Å². The maximum atomic E-state index is 12.0. The van der Waals surface area contributed by atoms with Crippen LogP contribution in [0.4, 0.5) is 0 Å². The van der Waals surface area contributed by atoms with Gasteiger partial charge in [-0.1, -0.05) is 19.3 Å². The van der Waals surface area contributed by atoms with E-state index in [1.165, 1.54) is 32.1 Å². The zero-order valence-electron chi connectivity index (χ0n) is 12.6. The fourth-order valence-electron chi connectivity index (χ4n) is 2.88. The Morgan fingerprint density at radius 3 is 2.90 bits per heavy atom. The summed E-state index contributed by atoms with van der Waals surface area (Å²) < 4.78 is 0.687. The van der Waals surface area contributed by atoms with Crippen molar-refractivity contribution in [1.82, 2.24) is 15.2 Å². The minimum Gasteiger partial charge on any atom is -0.352 e. The Morgan fingerprint density at radius 2 is 2.19 bits per heavy atom. The quantitative estimate of drug-likeness (QED) is 0.630. The highest BCUT2D eigenvalue weighted by Crippen LogP contribution is 2.21. The third kappa shape index (κ3) is 5.40. The molecule has 1 fully saturated rings. The Bertz CT molecular complexity index is 461. The van der Waals surface area contributed by atoms with Gasteiger partial charge >= 0.3 is 0 Å². The highest BCUT2D eigenvalue weighted by Gasteiger charge is 2.17. The molecule has 4 nitrogen and oxygen atoms in total. The average molecular weight is 354 g/mol. The number of rotatable bonds is 6. The van der Waals surface area contributed by atoms with Crippen molar-refractivity contribution in [2.75, 3.05) is 20.1 Å². The Labute approximate surface area is 135 Å². The summed E-state index contributed by atoms with van der Waals surface area (Å²) in [5, 5.41) is 2.97. The molecular formula is C16H24BrN3O. The molecule has 1 aromatic heterocycles. The van der Waals surface area contributed by atoms with E-state index in [0.29, 0.717) is 10.2 Å². The number of aromatic nitrogens is 1. The van der Waals surface area contributed by atoms with Gasteiger partial charge in [0.25, 0.3) is 5.91 Å². The second-order valence-electron chi connectivity index (χ2n) is 5.75. The molecule has 0 unspecified atom stereocenters. The van der Waals surface area contributed by atoms with Crippen molar-refractivity contribution < 1.29 is 4.79 Å². The summed E-state index contributed by atoms with van der Waals surface area (Å²) in [6, 6.07) is 4.21. The number of halogens is 1. The van der Waals surface area contributed by atoms with Gasteiger partial charge in [-0.15, -0.1) is 0 Å². The molecule has 1 aliphatic rings. The van der Waals surface area contributed by atoms with Crippen LogP contribution in [0.15, 0.2) is 22.9 Å². The Hall–Kier alpha value is -0.940. The first-order valence-corrected chi connectivity index (χ1v) is 8.56. The Morgan fingerprint density at radius 1 is 1.43 bits per heavy atom. The van der Waals surface area contributed by atoms with Crippen molar-refractivity contribution in [2.45, 2.75) is 44.6 Å². The van der Waals surface area contributed by atoms with E-state index in [0.717, 1.165) is 25.6 Å². The molecule has 2 rings (SSSR count). The number of hydrogen-bond acceptors (Lipinski definition) is 3. The number of hydrogen-bond donors (Lipinski definition) is 1. The molecule has 1 heterocycles. The summed E-state index contributed by atoms with van der Waals surface area (Å²) in [4.78, 5) is 18.4. The first kappa shape index (κ1) is 16.4.